The molecule has 1 saturated heterocycles. The van der Waals surface area contributed by atoms with Crippen molar-refractivity contribution >= 4 is 11.7 Å². The van der Waals surface area contributed by atoms with E-state index in [0.717, 1.165) is 31.6 Å². The van der Waals surface area contributed by atoms with Gasteiger partial charge in [-0.25, -0.2) is 14.8 Å². The number of hydrogen-bond acceptors (Lipinski definition) is 4. The van der Waals surface area contributed by atoms with Crippen LogP contribution in [0.15, 0.2) is 12.4 Å². The first-order chi connectivity index (χ1) is 9.63. The Kier molecular flexibility index (Phi) is 3.33. The summed E-state index contributed by atoms with van der Waals surface area (Å²) in [5.74, 6) is 0.777. The summed E-state index contributed by atoms with van der Waals surface area (Å²) in [4.78, 5) is 22.4. The second-order valence-corrected chi connectivity index (χ2v) is 5.87. The highest BCUT2D eigenvalue weighted by Gasteiger charge is 2.49. The first-order valence-corrected chi connectivity index (χ1v) is 7.25. The van der Waals surface area contributed by atoms with Gasteiger partial charge in [-0.15, -0.1) is 0 Å². The molecule has 2 heterocycles. The zero-order valence-corrected chi connectivity index (χ0v) is 11.8. The largest absolute Gasteiger partial charge is 0.326 e. The number of aryl methyl sites for hydroxylation is 1. The summed E-state index contributed by atoms with van der Waals surface area (Å²) < 4.78 is 0. The number of rotatable bonds is 2. The Morgan fingerprint density at radius 1 is 1.50 bits per heavy atom. The molecule has 6 nitrogen and oxygen atoms in total. The maximum absolute atomic E-state index is 12.2. The number of nitrogens with two attached hydrogens (primary N) is 1. The molecule has 0 bridgehead atoms. The fraction of sp³-hybridized carbons (Fsp3) is 0.643. The van der Waals surface area contributed by atoms with Crippen LogP contribution in [0.4, 0.5) is 10.5 Å². The highest BCUT2D eigenvalue weighted by molar-refractivity contribution is 5.89. The highest BCUT2D eigenvalue weighted by Crippen LogP contribution is 2.47. The number of anilines is 1. The Balaban J connectivity index is 1.62. The molecule has 1 saturated carbocycles. The lowest BCUT2D eigenvalue weighted by molar-refractivity contribution is 0.127. The summed E-state index contributed by atoms with van der Waals surface area (Å²) in [6, 6.07) is 0.0118. The van der Waals surface area contributed by atoms with Gasteiger partial charge in [0, 0.05) is 31.0 Å². The van der Waals surface area contributed by atoms with E-state index in [-0.39, 0.29) is 17.5 Å². The summed E-state index contributed by atoms with van der Waals surface area (Å²) in [7, 11) is 0. The molecule has 2 fully saturated rings. The van der Waals surface area contributed by atoms with Crippen LogP contribution in [-0.4, -0.2) is 40.0 Å². The zero-order valence-electron chi connectivity index (χ0n) is 11.8. The van der Waals surface area contributed by atoms with Crippen molar-refractivity contribution in [2.45, 2.75) is 38.6 Å². The average molecular weight is 275 g/mol. The van der Waals surface area contributed by atoms with E-state index in [1.165, 1.54) is 6.42 Å². The summed E-state index contributed by atoms with van der Waals surface area (Å²) >= 11 is 0. The maximum Gasteiger partial charge on any atom is 0.322 e. The smallest absolute Gasteiger partial charge is 0.322 e. The lowest BCUT2D eigenvalue weighted by atomic mass is 9.66. The fourth-order valence-electron chi connectivity index (χ4n) is 3.11. The van der Waals surface area contributed by atoms with Gasteiger partial charge < -0.3 is 16.0 Å². The highest BCUT2D eigenvalue weighted by atomic mass is 16.2. The van der Waals surface area contributed by atoms with Crippen LogP contribution < -0.4 is 11.1 Å². The Morgan fingerprint density at radius 2 is 2.20 bits per heavy atom. The first kappa shape index (κ1) is 13.3. The number of nitrogens with one attached hydrogen (secondary N) is 1. The van der Waals surface area contributed by atoms with E-state index in [2.05, 4.69) is 15.3 Å². The third-order valence-electron chi connectivity index (χ3n) is 4.62. The van der Waals surface area contributed by atoms with Gasteiger partial charge in [0.05, 0.1) is 18.1 Å². The molecule has 108 valence electrons. The fourth-order valence-corrected chi connectivity index (χ4v) is 3.11. The number of hydrogen-bond donors (Lipinski definition) is 2. The van der Waals surface area contributed by atoms with Crippen LogP contribution >= 0.6 is 0 Å². The second-order valence-electron chi connectivity index (χ2n) is 5.87. The van der Waals surface area contributed by atoms with E-state index in [1.807, 2.05) is 11.8 Å². The molecule has 1 atom stereocenters. The SMILES string of the molecule is CCc1ncc(NC(=O)N2CC(N)C3(CCC3)C2)cn1. The van der Waals surface area contributed by atoms with Gasteiger partial charge >= 0.3 is 6.03 Å². The Morgan fingerprint density at radius 3 is 2.70 bits per heavy atom. The molecule has 1 aromatic heterocycles. The number of urea groups is 1. The molecule has 0 radical (unpaired) electrons. The molecule has 6 heteroatoms. The molecule has 1 aromatic rings. The quantitative estimate of drug-likeness (QED) is 0.854. The topological polar surface area (TPSA) is 84.1 Å². The number of carbonyl (C=O) groups is 1. The van der Waals surface area contributed by atoms with Crippen molar-refractivity contribution in [1.82, 2.24) is 14.9 Å². The normalized spacial score (nSPS) is 23.7. The number of aromatic nitrogens is 2. The molecule has 2 aliphatic rings. The minimum Gasteiger partial charge on any atom is -0.326 e. The lowest BCUT2D eigenvalue weighted by Gasteiger charge is -2.41. The number of likely N-dealkylation sites (tertiary alicyclic amines) is 1. The summed E-state index contributed by atoms with van der Waals surface area (Å²) in [6.07, 6.45) is 7.61. The van der Waals surface area contributed by atoms with Crippen LogP contribution in [0.2, 0.25) is 0 Å². The first-order valence-electron chi connectivity index (χ1n) is 7.25. The molecule has 1 spiro atoms. The van der Waals surface area contributed by atoms with Gasteiger partial charge in [-0.3, -0.25) is 0 Å². The standard InChI is InChI=1S/C14H21N5O/c1-2-12-16-6-10(7-17-12)18-13(20)19-8-11(15)14(9-19)4-3-5-14/h6-7,11H,2-5,8-9,15H2,1H3,(H,18,20). The van der Waals surface area contributed by atoms with E-state index in [9.17, 15) is 4.79 Å². The van der Waals surface area contributed by atoms with Crippen LogP contribution in [0.3, 0.4) is 0 Å². The summed E-state index contributed by atoms with van der Waals surface area (Å²) in [5, 5.41) is 2.85. The predicted octanol–water partition coefficient (Wildman–Crippen LogP) is 1.38. The van der Waals surface area contributed by atoms with Crippen molar-refractivity contribution in [3.05, 3.63) is 18.2 Å². The Hall–Kier alpha value is -1.69. The van der Waals surface area contributed by atoms with Gasteiger partial charge in [0.15, 0.2) is 0 Å². The summed E-state index contributed by atoms with van der Waals surface area (Å²) in [5.41, 5.74) is 7.00. The maximum atomic E-state index is 12.2. The van der Waals surface area contributed by atoms with Gasteiger partial charge in [0.2, 0.25) is 0 Å². The van der Waals surface area contributed by atoms with Crippen molar-refractivity contribution < 1.29 is 4.79 Å². The summed E-state index contributed by atoms with van der Waals surface area (Å²) in [6.45, 7) is 3.41. The average Bonchev–Trinajstić information content (AvgIpc) is 2.77. The van der Waals surface area contributed by atoms with Crippen LogP contribution in [0.25, 0.3) is 0 Å². The predicted molar refractivity (Wildman–Crippen MR) is 76.3 cm³/mol. The van der Waals surface area contributed by atoms with Crippen LogP contribution in [0.1, 0.15) is 32.0 Å². The van der Waals surface area contributed by atoms with Gasteiger partial charge in [-0.1, -0.05) is 13.3 Å². The van der Waals surface area contributed by atoms with Crippen molar-refractivity contribution in [2.75, 3.05) is 18.4 Å². The van der Waals surface area contributed by atoms with E-state index < -0.39 is 0 Å². The van der Waals surface area contributed by atoms with Crippen LogP contribution in [0.5, 0.6) is 0 Å². The van der Waals surface area contributed by atoms with Crippen molar-refractivity contribution in [3.8, 4) is 0 Å². The third kappa shape index (κ3) is 2.24. The Labute approximate surface area is 118 Å². The van der Waals surface area contributed by atoms with Crippen molar-refractivity contribution in [3.63, 3.8) is 0 Å². The van der Waals surface area contributed by atoms with E-state index in [0.29, 0.717) is 12.2 Å². The van der Waals surface area contributed by atoms with Crippen molar-refractivity contribution in [1.29, 1.82) is 0 Å². The minimum atomic E-state index is -0.0999. The molecule has 1 aliphatic heterocycles. The lowest BCUT2D eigenvalue weighted by Crippen LogP contribution is -2.45. The van der Waals surface area contributed by atoms with Crippen LogP contribution in [-0.2, 0) is 6.42 Å². The molecule has 3 N–H and O–H groups in total. The number of carbonyl (C=O) groups excluding carboxylic acids is 1. The monoisotopic (exact) mass is 275 g/mol. The third-order valence-corrected chi connectivity index (χ3v) is 4.62. The number of nitrogens with zero attached hydrogens (tertiary/aromatic N) is 3. The second kappa shape index (κ2) is 5.01. The van der Waals surface area contributed by atoms with Gasteiger partial charge in [0.25, 0.3) is 0 Å². The van der Waals surface area contributed by atoms with Crippen LogP contribution in [0, 0.1) is 5.41 Å². The zero-order chi connectivity index (χ0) is 14.2. The number of amides is 2. The molecule has 1 unspecified atom stereocenters. The molecule has 2 amide bonds. The molecule has 20 heavy (non-hydrogen) atoms. The minimum absolute atomic E-state index is 0.0999. The van der Waals surface area contributed by atoms with E-state index in [1.54, 1.807) is 12.4 Å². The molecule has 3 rings (SSSR count). The molecule has 1 aliphatic carbocycles. The van der Waals surface area contributed by atoms with E-state index in [4.69, 9.17) is 5.73 Å². The van der Waals surface area contributed by atoms with Gasteiger partial charge in [-0.2, -0.15) is 0 Å². The molecular weight excluding hydrogens is 254 g/mol. The molecular formula is C14H21N5O. The molecule has 0 aromatic carbocycles. The van der Waals surface area contributed by atoms with Crippen molar-refractivity contribution in [2.24, 2.45) is 11.1 Å². The van der Waals surface area contributed by atoms with E-state index >= 15 is 0 Å². The van der Waals surface area contributed by atoms with Gasteiger partial charge in [0.1, 0.15) is 5.82 Å². The Bertz CT molecular complexity index is 497. The van der Waals surface area contributed by atoms with Gasteiger partial charge in [-0.05, 0) is 12.8 Å².